The van der Waals surface area contributed by atoms with Crippen molar-refractivity contribution in [2.75, 3.05) is 30.4 Å². The van der Waals surface area contributed by atoms with Crippen molar-refractivity contribution in [1.82, 2.24) is 0 Å². The lowest BCUT2D eigenvalue weighted by Crippen LogP contribution is -2.31. The molecule has 0 aliphatic heterocycles. The quantitative estimate of drug-likeness (QED) is 0.852. The highest BCUT2D eigenvalue weighted by molar-refractivity contribution is 5.90. The Morgan fingerprint density at radius 1 is 1.29 bits per heavy atom. The number of nitrogens with two attached hydrogens (primary N) is 1. The SMILES string of the molecule is CCCCN(C)c1cccc(N(C)C(N)=O)c1. The molecule has 0 saturated carbocycles. The topological polar surface area (TPSA) is 49.6 Å². The standard InChI is InChI=1S/C13H21N3O/c1-4-5-9-15(2)11-7-6-8-12(10-11)16(3)13(14)17/h6-8,10H,4-5,9H2,1-3H3,(H2,14,17). The number of hydrogen-bond donors (Lipinski definition) is 1. The van der Waals surface area contributed by atoms with Gasteiger partial charge >= 0.3 is 6.03 Å². The van der Waals surface area contributed by atoms with Crippen molar-refractivity contribution in [3.05, 3.63) is 24.3 Å². The molecule has 4 nitrogen and oxygen atoms in total. The fourth-order valence-corrected chi connectivity index (χ4v) is 1.59. The van der Waals surface area contributed by atoms with Crippen molar-refractivity contribution in [3.8, 4) is 0 Å². The third kappa shape index (κ3) is 3.66. The van der Waals surface area contributed by atoms with Gasteiger partial charge in [0.25, 0.3) is 0 Å². The number of anilines is 2. The van der Waals surface area contributed by atoms with E-state index in [2.05, 4.69) is 18.9 Å². The number of urea groups is 1. The minimum absolute atomic E-state index is 0.446. The molecule has 17 heavy (non-hydrogen) atoms. The van der Waals surface area contributed by atoms with Crippen molar-refractivity contribution < 1.29 is 4.79 Å². The van der Waals surface area contributed by atoms with Gasteiger partial charge in [-0.3, -0.25) is 4.90 Å². The number of primary amides is 1. The van der Waals surface area contributed by atoms with E-state index in [1.807, 2.05) is 24.3 Å². The Hall–Kier alpha value is -1.71. The molecule has 2 amide bonds. The Morgan fingerprint density at radius 3 is 2.53 bits per heavy atom. The molecule has 0 spiro atoms. The molecular formula is C13H21N3O. The lowest BCUT2D eigenvalue weighted by Gasteiger charge is -2.21. The number of carbonyl (C=O) groups excluding carboxylic acids is 1. The Labute approximate surface area is 103 Å². The molecule has 1 aromatic rings. The van der Waals surface area contributed by atoms with Gasteiger partial charge in [0.2, 0.25) is 0 Å². The van der Waals surface area contributed by atoms with Crippen LogP contribution in [0.2, 0.25) is 0 Å². The van der Waals surface area contributed by atoms with Gasteiger partial charge in [0.1, 0.15) is 0 Å². The van der Waals surface area contributed by atoms with E-state index < -0.39 is 6.03 Å². The Kier molecular flexibility index (Phi) is 4.82. The van der Waals surface area contributed by atoms with Gasteiger partial charge in [-0.1, -0.05) is 19.4 Å². The molecule has 1 rings (SSSR count). The fraction of sp³-hybridized carbons (Fsp3) is 0.462. The van der Waals surface area contributed by atoms with Crippen LogP contribution in [0.4, 0.5) is 16.2 Å². The highest BCUT2D eigenvalue weighted by Crippen LogP contribution is 2.21. The Balaban J connectivity index is 2.81. The maximum Gasteiger partial charge on any atom is 0.318 e. The lowest BCUT2D eigenvalue weighted by molar-refractivity contribution is 0.255. The lowest BCUT2D eigenvalue weighted by atomic mass is 10.2. The molecule has 0 saturated heterocycles. The molecule has 0 aromatic heterocycles. The third-order valence-corrected chi connectivity index (χ3v) is 2.84. The smallest absolute Gasteiger partial charge is 0.318 e. The summed E-state index contributed by atoms with van der Waals surface area (Å²) < 4.78 is 0. The summed E-state index contributed by atoms with van der Waals surface area (Å²) in [6.45, 7) is 3.19. The second-order valence-electron chi connectivity index (χ2n) is 4.19. The first-order valence-electron chi connectivity index (χ1n) is 5.90. The van der Waals surface area contributed by atoms with Gasteiger partial charge in [-0.2, -0.15) is 0 Å². The molecule has 1 aromatic carbocycles. The normalized spacial score (nSPS) is 10.1. The van der Waals surface area contributed by atoms with Crippen molar-refractivity contribution >= 4 is 17.4 Å². The monoisotopic (exact) mass is 235 g/mol. The van der Waals surface area contributed by atoms with Crippen LogP contribution < -0.4 is 15.5 Å². The van der Waals surface area contributed by atoms with Crippen LogP contribution in [0.5, 0.6) is 0 Å². The predicted octanol–water partition coefficient (Wildman–Crippen LogP) is 2.44. The van der Waals surface area contributed by atoms with Crippen LogP contribution in [0.25, 0.3) is 0 Å². The molecular weight excluding hydrogens is 214 g/mol. The van der Waals surface area contributed by atoms with Crippen LogP contribution in [-0.4, -0.2) is 26.7 Å². The van der Waals surface area contributed by atoms with Crippen LogP contribution in [0, 0.1) is 0 Å². The highest BCUT2D eigenvalue weighted by Gasteiger charge is 2.08. The Morgan fingerprint density at radius 2 is 1.94 bits per heavy atom. The van der Waals surface area contributed by atoms with E-state index in [1.54, 1.807) is 7.05 Å². The summed E-state index contributed by atoms with van der Waals surface area (Å²) in [7, 11) is 3.73. The fourth-order valence-electron chi connectivity index (χ4n) is 1.59. The molecule has 0 bridgehead atoms. The second-order valence-corrected chi connectivity index (χ2v) is 4.19. The zero-order valence-corrected chi connectivity index (χ0v) is 10.8. The highest BCUT2D eigenvalue weighted by atomic mass is 16.2. The number of amides is 2. The van der Waals surface area contributed by atoms with Gasteiger partial charge in [0, 0.05) is 32.0 Å². The van der Waals surface area contributed by atoms with E-state index in [-0.39, 0.29) is 0 Å². The van der Waals surface area contributed by atoms with E-state index in [9.17, 15) is 4.79 Å². The van der Waals surface area contributed by atoms with Crippen molar-refractivity contribution in [2.45, 2.75) is 19.8 Å². The number of hydrogen-bond acceptors (Lipinski definition) is 2. The molecule has 94 valence electrons. The van der Waals surface area contributed by atoms with Gasteiger partial charge < -0.3 is 10.6 Å². The first-order valence-corrected chi connectivity index (χ1v) is 5.90. The van der Waals surface area contributed by atoms with Gasteiger partial charge in [-0.15, -0.1) is 0 Å². The zero-order valence-electron chi connectivity index (χ0n) is 10.8. The van der Waals surface area contributed by atoms with Gasteiger partial charge in [-0.05, 0) is 24.6 Å². The van der Waals surface area contributed by atoms with Crippen molar-refractivity contribution in [2.24, 2.45) is 5.73 Å². The average molecular weight is 235 g/mol. The maximum absolute atomic E-state index is 11.1. The van der Waals surface area contributed by atoms with E-state index >= 15 is 0 Å². The van der Waals surface area contributed by atoms with Crippen LogP contribution in [0.15, 0.2) is 24.3 Å². The minimum Gasteiger partial charge on any atom is -0.375 e. The first-order chi connectivity index (χ1) is 8.06. The van der Waals surface area contributed by atoms with Gasteiger partial charge in [0.05, 0.1) is 0 Å². The summed E-state index contributed by atoms with van der Waals surface area (Å²) in [4.78, 5) is 14.7. The predicted molar refractivity (Wildman–Crippen MR) is 72.6 cm³/mol. The van der Waals surface area contributed by atoms with E-state index in [0.29, 0.717) is 0 Å². The second kappa shape index (κ2) is 6.13. The van der Waals surface area contributed by atoms with E-state index in [0.717, 1.165) is 24.3 Å². The van der Waals surface area contributed by atoms with E-state index in [1.165, 1.54) is 11.3 Å². The first kappa shape index (κ1) is 13.4. The van der Waals surface area contributed by atoms with Gasteiger partial charge in [-0.25, -0.2) is 4.79 Å². The summed E-state index contributed by atoms with van der Waals surface area (Å²) in [6.07, 6.45) is 2.33. The zero-order chi connectivity index (χ0) is 12.8. The summed E-state index contributed by atoms with van der Waals surface area (Å²) in [5.41, 5.74) is 7.17. The number of rotatable bonds is 5. The number of benzene rings is 1. The van der Waals surface area contributed by atoms with E-state index in [4.69, 9.17) is 5.73 Å². The summed E-state index contributed by atoms with van der Waals surface area (Å²) >= 11 is 0. The van der Waals surface area contributed by atoms with Crippen molar-refractivity contribution in [1.29, 1.82) is 0 Å². The van der Waals surface area contributed by atoms with Crippen LogP contribution >= 0.6 is 0 Å². The Bertz CT molecular complexity index is 379. The third-order valence-electron chi connectivity index (χ3n) is 2.84. The molecule has 4 heteroatoms. The molecule has 0 aliphatic rings. The number of carbonyl (C=O) groups is 1. The molecule has 2 N–H and O–H groups in total. The summed E-state index contributed by atoms with van der Waals surface area (Å²) in [6, 6.07) is 7.38. The molecule has 0 unspecified atom stereocenters. The maximum atomic E-state index is 11.1. The van der Waals surface area contributed by atoms with Crippen LogP contribution in [0.1, 0.15) is 19.8 Å². The molecule has 0 atom stereocenters. The van der Waals surface area contributed by atoms with Crippen molar-refractivity contribution in [3.63, 3.8) is 0 Å². The van der Waals surface area contributed by atoms with Gasteiger partial charge in [0.15, 0.2) is 0 Å². The van der Waals surface area contributed by atoms with Crippen LogP contribution in [0.3, 0.4) is 0 Å². The minimum atomic E-state index is -0.446. The molecule has 0 heterocycles. The molecule has 0 radical (unpaired) electrons. The van der Waals surface area contributed by atoms with Crippen LogP contribution in [-0.2, 0) is 0 Å². The summed E-state index contributed by atoms with van der Waals surface area (Å²) in [5, 5.41) is 0. The number of unbranched alkanes of at least 4 members (excludes halogenated alkanes) is 1. The molecule has 0 aliphatic carbocycles. The number of nitrogens with zero attached hydrogens (tertiary/aromatic N) is 2. The largest absolute Gasteiger partial charge is 0.375 e. The average Bonchev–Trinajstić information content (AvgIpc) is 2.35. The molecule has 0 fully saturated rings. The summed E-state index contributed by atoms with van der Waals surface area (Å²) in [5.74, 6) is 0.